The van der Waals surface area contributed by atoms with Gasteiger partial charge in [-0.1, -0.05) is 18.2 Å². The predicted octanol–water partition coefficient (Wildman–Crippen LogP) is 2.21. The Balaban J connectivity index is 1.45. The lowest BCUT2D eigenvalue weighted by Gasteiger charge is -1.98. The van der Waals surface area contributed by atoms with E-state index >= 15 is 0 Å². The van der Waals surface area contributed by atoms with Crippen molar-refractivity contribution in [3.05, 3.63) is 71.0 Å². The summed E-state index contributed by atoms with van der Waals surface area (Å²) >= 11 is 1.42. The maximum absolute atomic E-state index is 5.64. The van der Waals surface area contributed by atoms with Gasteiger partial charge in [-0.3, -0.25) is 5.10 Å². The maximum atomic E-state index is 5.64. The third-order valence-electron chi connectivity index (χ3n) is 3.52. The van der Waals surface area contributed by atoms with Crippen LogP contribution in [0.25, 0.3) is 5.69 Å². The normalized spacial score (nSPS) is 11.0. The highest BCUT2D eigenvalue weighted by molar-refractivity contribution is 7.13. The Hall–Kier alpha value is -3.00. The Morgan fingerprint density at radius 3 is 2.79 bits per heavy atom. The highest BCUT2D eigenvalue weighted by Gasteiger charge is 2.09. The first-order valence-electron chi connectivity index (χ1n) is 7.45. The number of benzene rings is 1. The van der Waals surface area contributed by atoms with Gasteiger partial charge in [-0.25, -0.2) is 14.6 Å². The van der Waals surface area contributed by atoms with Crippen molar-refractivity contribution in [1.82, 2.24) is 29.9 Å². The van der Waals surface area contributed by atoms with E-state index in [0.29, 0.717) is 23.8 Å². The topological polar surface area (TPSA) is 98.3 Å². The average Bonchev–Trinajstić information content (AvgIpc) is 3.32. The number of hydrogen-bond acceptors (Lipinski definition) is 6. The zero-order chi connectivity index (χ0) is 16.4. The average molecular weight is 337 g/mol. The minimum absolute atomic E-state index is 0.564. The zero-order valence-electron chi connectivity index (χ0n) is 12.8. The summed E-state index contributed by atoms with van der Waals surface area (Å²) in [5.41, 5.74) is 8.63. The first-order valence-corrected chi connectivity index (χ1v) is 8.33. The molecule has 3 aromatic heterocycles. The van der Waals surface area contributed by atoms with Crippen molar-refractivity contribution in [2.24, 2.45) is 0 Å². The summed E-state index contributed by atoms with van der Waals surface area (Å²) in [6, 6.07) is 10.0. The van der Waals surface area contributed by atoms with E-state index in [-0.39, 0.29) is 0 Å². The van der Waals surface area contributed by atoms with Crippen molar-refractivity contribution in [1.29, 1.82) is 0 Å². The number of thiazole rings is 1. The molecule has 0 aliphatic rings. The van der Waals surface area contributed by atoms with E-state index in [1.165, 1.54) is 11.3 Å². The molecule has 3 N–H and O–H groups in total. The monoisotopic (exact) mass is 337 g/mol. The number of para-hydroxylation sites is 1. The molecule has 0 aliphatic carbocycles. The van der Waals surface area contributed by atoms with Crippen molar-refractivity contribution >= 4 is 16.5 Å². The van der Waals surface area contributed by atoms with E-state index in [2.05, 4.69) is 25.3 Å². The van der Waals surface area contributed by atoms with Crippen molar-refractivity contribution in [2.45, 2.75) is 12.8 Å². The van der Waals surface area contributed by atoms with Crippen LogP contribution in [-0.2, 0) is 12.8 Å². The number of nitrogen functional groups attached to an aromatic ring is 1. The second kappa shape index (κ2) is 6.25. The van der Waals surface area contributed by atoms with Gasteiger partial charge in [0.25, 0.3) is 0 Å². The number of H-pyrrole nitrogens is 1. The van der Waals surface area contributed by atoms with Gasteiger partial charge in [-0.2, -0.15) is 10.2 Å². The summed E-state index contributed by atoms with van der Waals surface area (Å²) in [6.07, 6.45) is 5.07. The van der Waals surface area contributed by atoms with Crippen LogP contribution in [0.3, 0.4) is 0 Å². The minimum atomic E-state index is 0.564. The molecule has 4 rings (SSSR count). The van der Waals surface area contributed by atoms with Gasteiger partial charge in [0.05, 0.1) is 24.0 Å². The third-order valence-corrected chi connectivity index (χ3v) is 4.24. The molecule has 0 unspecified atom stereocenters. The molecular formula is C16H15N7S. The number of nitrogens with two attached hydrogens (primary N) is 1. The molecule has 8 heteroatoms. The summed E-state index contributed by atoms with van der Waals surface area (Å²) < 4.78 is 1.85. The highest BCUT2D eigenvalue weighted by Crippen LogP contribution is 2.14. The molecule has 120 valence electrons. The number of aromatic amines is 1. The first-order chi connectivity index (χ1) is 11.8. The summed E-state index contributed by atoms with van der Waals surface area (Å²) in [5.74, 6) is 1.52. The molecule has 0 saturated carbocycles. The van der Waals surface area contributed by atoms with Crippen LogP contribution in [0.4, 0.5) is 5.13 Å². The molecule has 24 heavy (non-hydrogen) atoms. The van der Waals surface area contributed by atoms with E-state index in [1.807, 2.05) is 52.8 Å². The fourth-order valence-electron chi connectivity index (χ4n) is 2.43. The van der Waals surface area contributed by atoms with Crippen molar-refractivity contribution in [3.63, 3.8) is 0 Å². The molecule has 0 aliphatic heterocycles. The van der Waals surface area contributed by atoms with E-state index in [1.54, 1.807) is 0 Å². The number of hydrogen-bond donors (Lipinski definition) is 2. The molecule has 0 saturated heterocycles. The zero-order valence-corrected chi connectivity index (χ0v) is 13.6. The lowest BCUT2D eigenvalue weighted by Crippen LogP contribution is -1.94. The Morgan fingerprint density at radius 1 is 1.12 bits per heavy atom. The third kappa shape index (κ3) is 3.18. The summed E-state index contributed by atoms with van der Waals surface area (Å²) in [6.45, 7) is 0. The van der Waals surface area contributed by atoms with Crippen molar-refractivity contribution in [2.75, 3.05) is 5.73 Å². The van der Waals surface area contributed by atoms with Crippen LogP contribution in [0.15, 0.2) is 48.1 Å². The molecule has 0 fully saturated rings. The van der Waals surface area contributed by atoms with Gasteiger partial charge in [0.2, 0.25) is 0 Å². The second-order valence-electron chi connectivity index (χ2n) is 5.36. The number of nitrogens with one attached hydrogen (secondary N) is 1. The fourth-order valence-corrected chi connectivity index (χ4v) is 2.99. The summed E-state index contributed by atoms with van der Waals surface area (Å²) in [5, 5.41) is 14.1. The van der Waals surface area contributed by atoms with Gasteiger partial charge in [0.1, 0.15) is 5.82 Å². The lowest BCUT2D eigenvalue weighted by molar-refractivity contribution is 0.879. The molecule has 0 radical (unpaired) electrons. The van der Waals surface area contributed by atoms with Gasteiger partial charge in [-0.15, -0.1) is 11.3 Å². The van der Waals surface area contributed by atoms with Crippen molar-refractivity contribution in [3.8, 4) is 5.69 Å². The van der Waals surface area contributed by atoms with E-state index in [4.69, 9.17) is 5.73 Å². The second-order valence-corrected chi connectivity index (χ2v) is 6.25. The van der Waals surface area contributed by atoms with Gasteiger partial charge in [-0.05, 0) is 17.7 Å². The SMILES string of the molecule is Nc1nc(Cc2n[nH]c(Cc3cnn(-c4ccccc4)c3)n2)cs1. The van der Waals surface area contributed by atoms with Gasteiger partial charge in [0.15, 0.2) is 11.0 Å². The molecule has 0 spiro atoms. The summed E-state index contributed by atoms with van der Waals surface area (Å²) in [4.78, 5) is 8.74. The Kier molecular flexibility index (Phi) is 3.80. The Bertz CT molecular complexity index is 938. The Morgan fingerprint density at radius 2 is 2.00 bits per heavy atom. The standard InChI is InChI=1S/C16H15N7S/c17-16-19-12(10-24-16)7-15-20-14(21-22-15)6-11-8-18-23(9-11)13-4-2-1-3-5-13/h1-5,8-10H,6-7H2,(H2,17,19)(H,20,21,22). The van der Waals surface area contributed by atoms with E-state index in [0.717, 1.165) is 22.8 Å². The van der Waals surface area contributed by atoms with Gasteiger partial charge >= 0.3 is 0 Å². The van der Waals surface area contributed by atoms with Crippen LogP contribution >= 0.6 is 11.3 Å². The molecule has 3 heterocycles. The molecule has 0 bridgehead atoms. The van der Waals surface area contributed by atoms with Crippen LogP contribution in [0.2, 0.25) is 0 Å². The highest BCUT2D eigenvalue weighted by atomic mass is 32.1. The quantitative estimate of drug-likeness (QED) is 0.582. The minimum Gasteiger partial charge on any atom is -0.375 e. The maximum Gasteiger partial charge on any atom is 0.180 e. The van der Waals surface area contributed by atoms with Crippen LogP contribution in [0.1, 0.15) is 22.9 Å². The van der Waals surface area contributed by atoms with E-state index in [9.17, 15) is 0 Å². The van der Waals surface area contributed by atoms with Gasteiger partial charge < -0.3 is 5.73 Å². The summed E-state index contributed by atoms with van der Waals surface area (Å²) in [7, 11) is 0. The van der Waals surface area contributed by atoms with Crippen LogP contribution in [0, 0.1) is 0 Å². The Labute approximate surface area is 142 Å². The lowest BCUT2D eigenvalue weighted by atomic mass is 10.2. The largest absolute Gasteiger partial charge is 0.375 e. The van der Waals surface area contributed by atoms with Crippen molar-refractivity contribution < 1.29 is 0 Å². The van der Waals surface area contributed by atoms with Crippen LogP contribution < -0.4 is 5.73 Å². The van der Waals surface area contributed by atoms with Gasteiger partial charge in [0, 0.05) is 18.0 Å². The molecule has 0 atom stereocenters. The predicted molar refractivity (Wildman–Crippen MR) is 92.1 cm³/mol. The number of anilines is 1. The molecule has 4 aromatic rings. The van der Waals surface area contributed by atoms with E-state index < -0.39 is 0 Å². The molecule has 0 amide bonds. The molecule has 7 nitrogen and oxygen atoms in total. The number of nitrogens with zero attached hydrogens (tertiary/aromatic N) is 5. The smallest absolute Gasteiger partial charge is 0.180 e. The molecule has 1 aromatic carbocycles. The number of rotatable bonds is 5. The van der Waals surface area contributed by atoms with Crippen LogP contribution in [-0.4, -0.2) is 29.9 Å². The van der Waals surface area contributed by atoms with Crippen LogP contribution in [0.5, 0.6) is 0 Å². The fraction of sp³-hybridized carbons (Fsp3) is 0.125. The molecular weight excluding hydrogens is 322 g/mol. The number of aromatic nitrogens is 6. The first kappa shape index (κ1) is 14.6.